The Bertz CT molecular complexity index is 1150. The van der Waals surface area contributed by atoms with Crippen LogP contribution in [0, 0.1) is 5.92 Å². The van der Waals surface area contributed by atoms with Gasteiger partial charge in [0.1, 0.15) is 17.8 Å². The molecule has 0 bridgehead atoms. The third-order valence-corrected chi connectivity index (χ3v) is 6.23. The number of hydrogen-bond acceptors (Lipinski definition) is 5. The number of benzene rings is 1. The van der Waals surface area contributed by atoms with Gasteiger partial charge < -0.3 is 9.88 Å². The molecule has 3 heterocycles. The van der Waals surface area contributed by atoms with Gasteiger partial charge in [-0.15, -0.1) is 10.2 Å². The van der Waals surface area contributed by atoms with Gasteiger partial charge in [-0.1, -0.05) is 32.0 Å². The maximum atomic E-state index is 12.6. The lowest BCUT2D eigenvalue weighted by atomic mass is 9.69. The van der Waals surface area contributed by atoms with Crippen molar-refractivity contribution in [3.8, 4) is 11.5 Å². The van der Waals surface area contributed by atoms with E-state index in [0.717, 1.165) is 31.5 Å². The molecule has 8 heteroatoms. The molecule has 1 aliphatic heterocycles. The number of urea groups is 1. The molecule has 1 aliphatic rings. The monoisotopic (exact) mass is 459 g/mol. The van der Waals surface area contributed by atoms with E-state index in [1.54, 1.807) is 12.4 Å². The van der Waals surface area contributed by atoms with E-state index in [0.29, 0.717) is 23.3 Å². The van der Waals surface area contributed by atoms with Crippen molar-refractivity contribution in [3.63, 3.8) is 0 Å². The Morgan fingerprint density at radius 1 is 1.09 bits per heavy atom. The number of carbonyl (C=O) groups is 1. The first-order valence-corrected chi connectivity index (χ1v) is 11.9. The van der Waals surface area contributed by atoms with Crippen LogP contribution < -0.4 is 10.6 Å². The van der Waals surface area contributed by atoms with Gasteiger partial charge in [-0.2, -0.15) is 0 Å². The van der Waals surface area contributed by atoms with E-state index in [4.69, 9.17) is 0 Å². The van der Waals surface area contributed by atoms with Gasteiger partial charge in [-0.25, -0.2) is 9.78 Å². The molecule has 1 aromatic carbocycles. The van der Waals surface area contributed by atoms with Gasteiger partial charge in [0.05, 0.1) is 0 Å². The van der Waals surface area contributed by atoms with E-state index in [-0.39, 0.29) is 17.5 Å². The standard InChI is InChI=1S/C26H33N7O/c1-18(2)16-26(12-14-27-15-13-26)20-8-10-21(11-9-20)29-25(34)31-23-7-5-6-22(30-23)24-32-28-17-33(24)19(3)4/h5-11,14,17-19H,12-13,15-16H2,1-4H3,(H2,29,30,31,34). The summed E-state index contributed by atoms with van der Waals surface area (Å²) < 4.78 is 1.94. The lowest BCUT2D eigenvalue weighted by molar-refractivity contribution is 0.262. The van der Waals surface area contributed by atoms with Gasteiger partial charge in [0.15, 0.2) is 5.82 Å². The zero-order valence-corrected chi connectivity index (χ0v) is 20.3. The minimum Gasteiger partial charge on any atom is -0.310 e. The van der Waals surface area contributed by atoms with Crippen molar-refractivity contribution >= 4 is 23.8 Å². The minimum atomic E-state index is -0.343. The number of pyridine rings is 1. The molecule has 2 aromatic heterocycles. The minimum absolute atomic E-state index is 0.123. The first-order valence-electron chi connectivity index (χ1n) is 11.9. The molecule has 0 spiro atoms. The maximum absolute atomic E-state index is 12.6. The second-order valence-electron chi connectivity index (χ2n) is 9.64. The molecule has 0 saturated carbocycles. The number of amides is 2. The van der Waals surface area contributed by atoms with Crippen LogP contribution in [0.4, 0.5) is 16.3 Å². The second-order valence-corrected chi connectivity index (χ2v) is 9.64. The molecule has 2 N–H and O–H groups in total. The molecule has 4 rings (SSSR count). The van der Waals surface area contributed by atoms with E-state index in [1.807, 2.05) is 28.8 Å². The van der Waals surface area contributed by atoms with Crippen molar-refractivity contribution in [2.75, 3.05) is 17.2 Å². The van der Waals surface area contributed by atoms with Crippen LogP contribution >= 0.6 is 0 Å². The number of rotatable bonds is 7. The Morgan fingerprint density at radius 3 is 2.56 bits per heavy atom. The highest BCUT2D eigenvalue weighted by molar-refractivity contribution is 5.99. The van der Waals surface area contributed by atoms with Gasteiger partial charge in [-0.3, -0.25) is 10.3 Å². The largest absolute Gasteiger partial charge is 0.324 e. The molecule has 8 nitrogen and oxygen atoms in total. The predicted octanol–water partition coefficient (Wildman–Crippen LogP) is 5.71. The van der Waals surface area contributed by atoms with E-state index >= 15 is 0 Å². The van der Waals surface area contributed by atoms with Crippen LogP contribution in [0.25, 0.3) is 11.5 Å². The lowest BCUT2D eigenvalue weighted by Gasteiger charge is -2.37. The summed E-state index contributed by atoms with van der Waals surface area (Å²) in [5.41, 5.74) is 2.82. The fourth-order valence-electron chi connectivity index (χ4n) is 4.68. The summed E-state index contributed by atoms with van der Waals surface area (Å²) in [4.78, 5) is 21.6. The Labute approximate surface area is 200 Å². The fraction of sp³-hybridized carbons (Fsp3) is 0.423. The molecule has 34 heavy (non-hydrogen) atoms. The molecule has 0 radical (unpaired) electrons. The van der Waals surface area contributed by atoms with Gasteiger partial charge in [0.25, 0.3) is 0 Å². The summed E-state index contributed by atoms with van der Waals surface area (Å²) in [5.74, 6) is 1.72. The van der Waals surface area contributed by atoms with Crippen molar-refractivity contribution in [1.29, 1.82) is 0 Å². The van der Waals surface area contributed by atoms with Gasteiger partial charge in [0.2, 0.25) is 0 Å². The molecule has 1 atom stereocenters. The van der Waals surface area contributed by atoms with Gasteiger partial charge in [0, 0.05) is 23.7 Å². The Balaban J connectivity index is 1.44. The van der Waals surface area contributed by atoms with Crippen LogP contribution in [-0.4, -0.2) is 38.5 Å². The smallest absolute Gasteiger partial charge is 0.310 e. The van der Waals surface area contributed by atoms with E-state index in [9.17, 15) is 4.79 Å². The van der Waals surface area contributed by atoms with Crippen LogP contribution in [0.5, 0.6) is 0 Å². The summed E-state index contributed by atoms with van der Waals surface area (Å²) >= 11 is 0. The number of anilines is 2. The van der Waals surface area contributed by atoms with Crippen LogP contribution in [0.3, 0.4) is 0 Å². The van der Waals surface area contributed by atoms with Crippen LogP contribution in [0.2, 0.25) is 0 Å². The molecule has 2 amide bonds. The third-order valence-electron chi connectivity index (χ3n) is 6.23. The van der Waals surface area contributed by atoms with E-state index < -0.39 is 0 Å². The highest BCUT2D eigenvalue weighted by atomic mass is 16.2. The first-order chi connectivity index (χ1) is 16.4. The summed E-state index contributed by atoms with van der Waals surface area (Å²) in [5, 5.41) is 13.9. The second kappa shape index (κ2) is 10.2. The number of aliphatic imine (C=N–C) groups is 1. The fourth-order valence-corrected chi connectivity index (χ4v) is 4.68. The number of carbonyl (C=O) groups excluding carboxylic acids is 1. The molecular formula is C26H33N7O. The van der Waals surface area contributed by atoms with Crippen LogP contribution in [-0.2, 0) is 5.41 Å². The van der Waals surface area contributed by atoms with Crippen molar-refractivity contribution < 1.29 is 4.79 Å². The Hall–Kier alpha value is -3.55. The SMILES string of the molecule is CC(C)CC1(c2ccc(NC(=O)Nc3cccc(-c4nncn4C(C)C)n3)cc2)CC=NCC1. The number of aromatic nitrogens is 4. The van der Waals surface area contributed by atoms with Crippen molar-refractivity contribution in [3.05, 3.63) is 54.4 Å². The topological polar surface area (TPSA) is 97.1 Å². The highest BCUT2D eigenvalue weighted by Gasteiger charge is 2.33. The highest BCUT2D eigenvalue weighted by Crippen LogP contribution is 2.39. The summed E-state index contributed by atoms with van der Waals surface area (Å²) in [6, 6.07) is 13.5. The first kappa shape index (κ1) is 23.6. The zero-order valence-electron chi connectivity index (χ0n) is 20.3. The quantitative estimate of drug-likeness (QED) is 0.473. The summed E-state index contributed by atoms with van der Waals surface area (Å²) in [7, 11) is 0. The van der Waals surface area contributed by atoms with Crippen molar-refractivity contribution in [2.24, 2.45) is 10.9 Å². The molecule has 178 valence electrons. The van der Waals surface area contributed by atoms with Gasteiger partial charge in [-0.05, 0) is 75.1 Å². The molecule has 3 aromatic rings. The molecule has 0 saturated heterocycles. The average Bonchev–Trinajstić information content (AvgIpc) is 3.30. The van der Waals surface area contributed by atoms with Crippen molar-refractivity contribution in [2.45, 2.75) is 58.4 Å². The number of nitrogens with one attached hydrogen (secondary N) is 2. The van der Waals surface area contributed by atoms with E-state index in [1.165, 1.54) is 5.56 Å². The summed E-state index contributed by atoms with van der Waals surface area (Å²) in [6.07, 6.45) is 6.89. The van der Waals surface area contributed by atoms with Crippen LogP contribution in [0.15, 0.2) is 53.8 Å². The average molecular weight is 460 g/mol. The molecule has 0 fully saturated rings. The predicted molar refractivity (Wildman–Crippen MR) is 136 cm³/mol. The van der Waals surface area contributed by atoms with Crippen molar-refractivity contribution in [1.82, 2.24) is 19.7 Å². The number of hydrogen-bond donors (Lipinski definition) is 2. The Morgan fingerprint density at radius 2 is 1.88 bits per heavy atom. The van der Waals surface area contributed by atoms with Crippen LogP contribution in [0.1, 0.15) is 58.6 Å². The molecular weight excluding hydrogens is 426 g/mol. The summed E-state index contributed by atoms with van der Waals surface area (Å²) in [6.45, 7) is 9.52. The molecule has 0 aliphatic carbocycles. The molecule has 1 unspecified atom stereocenters. The Kier molecular flexibility index (Phi) is 7.05. The number of nitrogens with zero attached hydrogens (tertiary/aromatic N) is 5. The van der Waals surface area contributed by atoms with Gasteiger partial charge >= 0.3 is 6.03 Å². The maximum Gasteiger partial charge on any atom is 0.324 e. The normalized spacial score (nSPS) is 17.8. The third kappa shape index (κ3) is 5.32. The lowest BCUT2D eigenvalue weighted by Crippen LogP contribution is -2.32. The zero-order chi connectivity index (χ0) is 24.1. The van der Waals surface area contributed by atoms with E-state index in [2.05, 4.69) is 76.8 Å².